The third-order valence-corrected chi connectivity index (χ3v) is 3.62. The zero-order chi connectivity index (χ0) is 17.4. The summed E-state index contributed by atoms with van der Waals surface area (Å²) < 4.78 is 33.2. The zero-order valence-electron chi connectivity index (χ0n) is 12.7. The van der Waals surface area contributed by atoms with Gasteiger partial charge in [0, 0.05) is 17.7 Å². The lowest BCUT2D eigenvalue weighted by Gasteiger charge is -2.08. The molecular formula is C17H11F2N5O. The van der Waals surface area contributed by atoms with E-state index >= 15 is 0 Å². The van der Waals surface area contributed by atoms with Gasteiger partial charge in [-0.05, 0) is 24.3 Å². The monoisotopic (exact) mass is 339 g/mol. The van der Waals surface area contributed by atoms with Crippen LogP contribution in [0.2, 0.25) is 0 Å². The van der Waals surface area contributed by atoms with Gasteiger partial charge in [0.1, 0.15) is 35.3 Å². The summed E-state index contributed by atoms with van der Waals surface area (Å²) in [5.41, 5.74) is 6.81. The molecule has 0 saturated carbocycles. The number of aromatic amines is 1. The Kier molecular flexibility index (Phi) is 3.50. The second kappa shape index (κ2) is 5.82. The van der Waals surface area contributed by atoms with E-state index in [9.17, 15) is 8.78 Å². The number of halogens is 2. The summed E-state index contributed by atoms with van der Waals surface area (Å²) in [5.74, 6) is -0.276. The number of rotatable bonds is 3. The van der Waals surface area contributed by atoms with E-state index in [1.54, 1.807) is 12.1 Å². The molecule has 2 aromatic heterocycles. The molecular weight excluding hydrogens is 328 g/mol. The van der Waals surface area contributed by atoms with Gasteiger partial charge in [-0.15, -0.1) is 0 Å². The minimum Gasteiger partial charge on any atom is -0.457 e. The average molecular weight is 339 g/mol. The Morgan fingerprint density at radius 3 is 2.64 bits per heavy atom. The number of hydrogen-bond acceptors (Lipinski definition) is 5. The number of nitrogens with two attached hydrogens (primary N) is 1. The Morgan fingerprint density at radius 1 is 1.00 bits per heavy atom. The molecule has 6 nitrogen and oxygen atoms in total. The highest BCUT2D eigenvalue weighted by atomic mass is 19.1. The fourth-order valence-electron chi connectivity index (χ4n) is 2.50. The van der Waals surface area contributed by atoms with Crippen molar-refractivity contribution in [2.24, 2.45) is 0 Å². The normalized spacial score (nSPS) is 11.0. The van der Waals surface area contributed by atoms with Crippen LogP contribution in [0.1, 0.15) is 0 Å². The highest BCUT2D eigenvalue weighted by Gasteiger charge is 2.16. The van der Waals surface area contributed by atoms with Crippen LogP contribution in [0.5, 0.6) is 11.5 Å². The van der Waals surface area contributed by atoms with Crippen LogP contribution in [-0.2, 0) is 0 Å². The SMILES string of the molecule is Nc1ncnc2n[nH]c(-c3ccc(Oc4cccc(F)c4)cc3F)c12. The van der Waals surface area contributed by atoms with E-state index in [2.05, 4.69) is 20.2 Å². The molecule has 0 atom stereocenters. The molecule has 0 fully saturated rings. The summed E-state index contributed by atoms with van der Waals surface area (Å²) in [5, 5.41) is 7.17. The zero-order valence-corrected chi connectivity index (χ0v) is 12.7. The van der Waals surface area contributed by atoms with E-state index < -0.39 is 11.6 Å². The minimum atomic E-state index is -0.553. The second-order valence-electron chi connectivity index (χ2n) is 5.26. The number of anilines is 1. The van der Waals surface area contributed by atoms with Crippen molar-refractivity contribution in [2.45, 2.75) is 0 Å². The third kappa shape index (κ3) is 2.74. The van der Waals surface area contributed by atoms with Gasteiger partial charge in [-0.2, -0.15) is 5.10 Å². The molecule has 25 heavy (non-hydrogen) atoms. The van der Waals surface area contributed by atoms with Gasteiger partial charge in [-0.25, -0.2) is 18.7 Å². The van der Waals surface area contributed by atoms with Gasteiger partial charge in [0.2, 0.25) is 0 Å². The van der Waals surface area contributed by atoms with Crippen LogP contribution in [-0.4, -0.2) is 20.2 Å². The van der Waals surface area contributed by atoms with Crippen molar-refractivity contribution in [3.63, 3.8) is 0 Å². The van der Waals surface area contributed by atoms with Crippen molar-refractivity contribution < 1.29 is 13.5 Å². The highest BCUT2D eigenvalue weighted by molar-refractivity contribution is 5.97. The van der Waals surface area contributed by atoms with Crippen LogP contribution in [0.4, 0.5) is 14.6 Å². The lowest BCUT2D eigenvalue weighted by atomic mass is 10.1. The number of nitrogens with one attached hydrogen (secondary N) is 1. The van der Waals surface area contributed by atoms with Crippen molar-refractivity contribution in [1.82, 2.24) is 20.2 Å². The number of nitrogens with zero attached hydrogens (tertiary/aromatic N) is 3. The Labute approximate surface area is 140 Å². The topological polar surface area (TPSA) is 89.7 Å². The van der Waals surface area contributed by atoms with E-state index in [0.717, 1.165) is 0 Å². The fraction of sp³-hybridized carbons (Fsp3) is 0. The van der Waals surface area contributed by atoms with Crippen LogP contribution < -0.4 is 10.5 Å². The van der Waals surface area contributed by atoms with Crippen molar-refractivity contribution in [2.75, 3.05) is 5.73 Å². The minimum absolute atomic E-state index is 0.202. The van der Waals surface area contributed by atoms with Gasteiger partial charge in [0.25, 0.3) is 0 Å². The van der Waals surface area contributed by atoms with E-state index in [4.69, 9.17) is 10.5 Å². The average Bonchev–Trinajstić information content (AvgIpc) is 3.00. The van der Waals surface area contributed by atoms with Gasteiger partial charge in [0.05, 0.1) is 11.1 Å². The highest BCUT2D eigenvalue weighted by Crippen LogP contribution is 2.32. The van der Waals surface area contributed by atoms with Crippen molar-refractivity contribution in [3.05, 3.63) is 60.4 Å². The Bertz CT molecular complexity index is 1080. The molecule has 0 radical (unpaired) electrons. The predicted octanol–water partition coefficient (Wildman–Crippen LogP) is 3.67. The number of benzene rings is 2. The number of ether oxygens (including phenoxy) is 1. The largest absolute Gasteiger partial charge is 0.457 e. The van der Waals surface area contributed by atoms with Gasteiger partial charge in [0.15, 0.2) is 5.65 Å². The van der Waals surface area contributed by atoms with Crippen molar-refractivity contribution >= 4 is 16.9 Å². The van der Waals surface area contributed by atoms with E-state index in [-0.39, 0.29) is 22.9 Å². The van der Waals surface area contributed by atoms with Gasteiger partial charge in [-0.3, -0.25) is 5.10 Å². The summed E-state index contributed by atoms with van der Waals surface area (Å²) in [6.07, 6.45) is 1.29. The molecule has 0 aliphatic carbocycles. The fourth-order valence-corrected chi connectivity index (χ4v) is 2.50. The molecule has 0 aliphatic rings. The van der Waals surface area contributed by atoms with E-state index in [1.807, 2.05) is 0 Å². The standard InChI is InChI=1S/C17H11F2N5O/c18-9-2-1-3-10(6-9)25-11-4-5-12(13(19)7-11)15-14-16(20)21-8-22-17(14)24-23-15/h1-8H,(H3,20,21,22,23,24). The first kappa shape index (κ1) is 15.0. The number of fused-ring (bicyclic) bond motifs is 1. The Balaban J connectivity index is 1.72. The van der Waals surface area contributed by atoms with Crippen molar-refractivity contribution in [3.8, 4) is 22.8 Å². The summed E-state index contributed by atoms with van der Waals surface area (Å²) in [6, 6.07) is 9.88. The third-order valence-electron chi connectivity index (χ3n) is 3.62. The predicted molar refractivity (Wildman–Crippen MR) is 88.0 cm³/mol. The summed E-state index contributed by atoms with van der Waals surface area (Å²) in [7, 11) is 0. The quantitative estimate of drug-likeness (QED) is 0.594. The second-order valence-corrected chi connectivity index (χ2v) is 5.26. The maximum absolute atomic E-state index is 14.6. The summed E-state index contributed by atoms with van der Waals surface area (Å²) in [6.45, 7) is 0. The van der Waals surface area contributed by atoms with Crippen LogP contribution in [0.25, 0.3) is 22.3 Å². The summed E-state index contributed by atoms with van der Waals surface area (Å²) in [4.78, 5) is 7.88. The van der Waals surface area contributed by atoms with Crippen LogP contribution in [0.15, 0.2) is 48.8 Å². The Morgan fingerprint density at radius 2 is 1.84 bits per heavy atom. The molecule has 8 heteroatoms. The molecule has 2 aromatic carbocycles. The lowest BCUT2D eigenvalue weighted by Crippen LogP contribution is -1.94. The molecule has 0 saturated heterocycles. The first-order valence-electron chi connectivity index (χ1n) is 7.30. The first-order chi connectivity index (χ1) is 12.1. The molecule has 0 unspecified atom stereocenters. The molecule has 0 spiro atoms. The Hall–Kier alpha value is -3.55. The van der Waals surface area contributed by atoms with Gasteiger partial charge < -0.3 is 10.5 Å². The van der Waals surface area contributed by atoms with Gasteiger partial charge in [-0.1, -0.05) is 6.07 Å². The molecule has 0 amide bonds. The summed E-state index contributed by atoms with van der Waals surface area (Å²) >= 11 is 0. The van der Waals surface area contributed by atoms with E-state index in [0.29, 0.717) is 16.7 Å². The number of nitrogen functional groups attached to an aromatic ring is 1. The maximum atomic E-state index is 14.6. The number of hydrogen-bond donors (Lipinski definition) is 2. The van der Waals surface area contributed by atoms with Crippen LogP contribution in [0, 0.1) is 11.6 Å². The molecule has 3 N–H and O–H groups in total. The smallest absolute Gasteiger partial charge is 0.186 e. The molecule has 4 rings (SSSR count). The number of H-pyrrole nitrogens is 1. The molecule has 4 aromatic rings. The number of aromatic nitrogens is 4. The van der Waals surface area contributed by atoms with Crippen LogP contribution >= 0.6 is 0 Å². The lowest BCUT2D eigenvalue weighted by molar-refractivity contribution is 0.471. The molecule has 124 valence electrons. The molecule has 0 aliphatic heterocycles. The van der Waals surface area contributed by atoms with Crippen LogP contribution in [0.3, 0.4) is 0 Å². The van der Waals surface area contributed by atoms with E-state index in [1.165, 1.54) is 36.7 Å². The van der Waals surface area contributed by atoms with Crippen molar-refractivity contribution in [1.29, 1.82) is 0 Å². The maximum Gasteiger partial charge on any atom is 0.186 e. The van der Waals surface area contributed by atoms with Gasteiger partial charge >= 0.3 is 0 Å². The molecule has 0 bridgehead atoms. The molecule has 2 heterocycles. The first-order valence-corrected chi connectivity index (χ1v) is 7.30.